The summed E-state index contributed by atoms with van der Waals surface area (Å²) in [6.07, 6.45) is 1.81. The van der Waals surface area contributed by atoms with Crippen LogP contribution in [0.15, 0.2) is 47.1 Å². The van der Waals surface area contributed by atoms with E-state index in [4.69, 9.17) is 9.40 Å². The van der Waals surface area contributed by atoms with Crippen LogP contribution >= 0.6 is 0 Å². The highest BCUT2D eigenvalue weighted by Gasteiger charge is 2.36. The average Bonchev–Trinajstić information content (AvgIpc) is 3.45. The van der Waals surface area contributed by atoms with E-state index in [0.717, 1.165) is 22.6 Å². The van der Waals surface area contributed by atoms with Crippen molar-refractivity contribution in [3.63, 3.8) is 0 Å². The highest BCUT2D eigenvalue weighted by atomic mass is 16.3. The van der Waals surface area contributed by atoms with Crippen LogP contribution in [0.5, 0.6) is 0 Å². The number of rotatable bonds is 7. The fourth-order valence-electron chi connectivity index (χ4n) is 4.32. The van der Waals surface area contributed by atoms with Crippen molar-refractivity contribution >= 4 is 22.8 Å². The summed E-state index contributed by atoms with van der Waals surface area (Å²) in [7, 11) is 0. The Morgan fingerprint density at radius 3 is 2.65 bits per heavy atom. The number of furan rings is 1. The van der Waals surface area contributed by atoms with Crippen LogP contribution in [0, 0.1) is 11.8 Å². The van der Waals surface area contributed by atoms with Crippen LogP contribution in [-0.2, 0) is 16.1 Å². The smallest absolute Gasteiger partial charge is 0.226 e. The molecule has 2 aromatic heterocycles. The Morgan fingerprint density at radius 2 is 1.97 bits per heavy atom. The fraction of sp³-hybridized carbons (Fsp3) is 0.458. The number of para-hydroxylation sites is 2. The molecule has 2 atom stereocenters. The van der Waals surface area contributed by atoms with Crippen molar-refractivity contribution in [1.29, 1.82) is 0 Å². The Morgan fingerprint density at radius 1 is 1.19 bits per heavy atom. The lowest BCUT2D eigenvalue weighted by Gasteiger charge is -2.26. The van der Waals surface area contributed by atoms with Gasteiger partial charge in [0.2, 0.25) is 11.8 Å². The Balaban J connectivity index is 1.54. The Bertz CT molecular complexity index is 1070. The van der Waals surface area contributed by atoms with E-state index < -0.39 is 0 Å². The molecule has 7 nitrogen and oxygen atoms in total. The van der Waals surface area contributed by atoms with Crippen LogP contribution in [0.4, 0.5) is 0 Å². The standard InChI is InChI=1S/C24H30N4O3/c1-15(2)22(23-25-19-9-5-6-10-20(19)28(23)16(3)4)26-24(30)17-12-21(29)27(13-17)14-18-8-7-11-31-18/h5-11,15-17,22H,12-14H2,1-4H3,(H,26,30)/t17-,22+/m0/s1. The molecule has 1 aromatic carbocycles. The van der Waals surface area contributed by atoms with Gasteiger partial charge < -0.3 is 19.2 Å². The van der Waals surface area contributed by atoms with Gasteiger partial charge in [0.05, 0.1) is 35.8 Å². The van der Waals surface area contributed by atoms with Crippen molar-refractivity contribution in [3.05, 3.63) is 54.2 Å². The van der Waals surface area contributed by atoms with Gasteiger partial charge in [-0.25, -0.2) is 4.98 Å². The number of nitrogens with zero attached hydrogens (tertiary/aromatic N) is 3. The van der Waals surface area contributed by atoms with E-state index in [1.165, 1.54) is 0 Å². The number of hydrogen-bond donors (Lipinski definition) is 1. The lowest BCUT2D eigenvalue weighted by molar-refractivity contribution is -0.129. The van der Waals surface area contributed by atoms with Gasteiger partial charge >= 0.3 is 0 Å². The Kier molecular flexibility index (Phi) is 5.85. The molecule has 0 aliphatic carbocycles. The van der Waals surface area contributed by atoms with Crippen molar-refractivity contribution in [2.45, 2.75) is 52.7 Å². The van der Waals surface area contributed by atoms with Crippen molar-refractivity contribution in [2.75, 3.05) is 6.54 Å². The van der Waals surface area contributed by atoms with Gasteiger partial charge in [-0.05, 0) is 44.0 Å². The second-order valence-corrected chi connectivity index (χ2v) is 8.91. The average molecular weight is 423 g/mol. The maximum atomic E-state index is 13.2. The molecule has 4 rings (SSSR count). The molecule has 1 saturated heterocycles. The number of amides is 2. The van der Waals surface area contributed by atoms with Crippen molar-refractivity contribution < 1.29 is 14.0 Å². The van der Waals surface area contributed by atoms with Crippen LogP contribution < -0.4 is 5.32 Å². The minimum atomic E-state index is -0.374. The van der Waals surface area contributed by atoms with Crippen molar-refractivity contribution in [1.82, 2.24) is 19.8 Å². The number of carbonyl (C=O) groups excluding carboxylic acids is 2. The molecule has 1 aliphatic rings. The lowest BCUT2D eigenvalue weighted by Crippen LogP contribution is -2.38. The van der Waals surface area contributed by atoms with Gasteiger partial charge in [-0.15, -0.1) is 0 Å². The first-order valence-electron chi connectivity index (χ1n) is 10.9. The summed E-state index contributed by atoms with van der Waals surface area (Å²) in [5, 5.41) is 3.21. The zero-order valence-electron chi connectivity index (χ0n) is 18.5. The summed E-state index contributed by atoms with van der Waals surface area (Å²) in [5.74, 6) is 1.23. The molecule has 0 bridgehead atoms. The number of carbonyl (C=O) groups is 2. The number of fused-ring (bicyclic) bond motifs is 1. The second-order valence-electron chi connectivity index (χ2n) is 8.91. The predicted octanol–water partition coefficient (Wildman–Crippen LogP) is 4.07. The number of imidazole rings is 1. The molecule has 0 saturated carbocycles. The molecular weight excluding hydrogens is 392 g/mol. The fourth-order valence-corrected chi connectivity index (χ4v) is 4.32. The molecule has 1 aliphatic heterocycles. The monoisotopic (exact) mass is 422 g/mol. The van der Waals surface area contributed by atoms with E-state index in [1.54, 1.807) is 17.2 Å². The van der Waals surface area contributed by atoms with Gasteiger partial charge in [-0.3, -0.25) is 9.59 Å². The maximum absolute atomic E-state index is 13.2. The van der Waals surface area contributed by atoms with E-state index in [0.29, 0.717) is 13.1 Å². The highest BCUT2D eigenvalue weighted by molar-refractivity contribution is 5.89. The summed E-state index contributed by atoms with van der Waals surface area (Å²) in [6.45, 7) is 9.21. The van der Waals surface area contributed by atoms with E-state index in [1.807, 2.05) is 24.3 Å². The van der Waals surface area contributed by atoms with Gasteiger partial charge in [-0.2, -0.15) is 0 Å². The molecule has 3 heterocycles. The SMILES string of the molecule is CC(C)[C@@H](NC(=O)[C@H]1CC(=O)N(Cc2ccco2)C1)c1nc2ccccc2n1C(C)C. The molecule has 0 unspecified atom stereocenters. The predicted molar refractivity (Wildman–Crippen MR) is 118 cm³/mol. The molecule has 2 amide bonds. The lowest BCUT2D eigenvalue weighted by atomic mass is 10.0. The van der Waals surface area contributed by atoms with E-state index in [9.17, 15) is 9.59 Å². The summed E-state index contributed by atoms with van der Waals surface area (Å²) in [6, 6.07) is 11.7. The van der Waals surface area contributed by atoms with Crippen LogP contribution in [0.2, 0.25) is 0 Å². The van der Waals surface area contributed by atoms with Crippen molar-refractivity contribution in [3.8, 4) is 0 Å². The van der Waals surface area contributed by atoms with Gasteiger partial charge in [0, 0.05) is 19.0 Å². The molecule has 7 heteroatoms. The minimum Gasteiger partial charge on any atom is -0.467 e. The second kappa shape index (κ2) is 8.57. The minimum absolute atomic E-state index is 0.0212. The van der Waals surface area contributed by atoms with E-state index in [2.05, 4.69) is 43.6 Å². The third-order valence-electron chi connectivity index (χ3n) is 5.89. The molecular formula is C24H30N4O3. The first-order valence-corrected chi connectivity index (χ1v) is 10.9. The summed E-state index contributed by atoms with van der Waals surface area (Å²) in [5.41, 5.74) is 1.99. The van der Waals surface area contributed by atoms with Crippen LogP contribution in [-0.4, -0.2) is 32.8 Å². The molecule has 164 valence electrons. The molecule has 0 spiro atoms. The molecule has 1 fully saturated rings. The molecule has 1 N–H and O–H groups in total. The first kappa shape index (κ1) is 21.2. The van der Waals surface area contributed by atoms with Gasteiger partial charge in [-0.1, -0.05) is 26.0 Å². The van der Waals surface area contributed by atoms with Gasteiger partial charge in [0.1, 0.15) is 11.6 Å². The summed E-state index contributed by atoms with van der Waals surface area (Å²) >= 11 is 0. The van der Waals surface area contributed by atoms with Gasteiger partial charge in [0.25, 0.3) is 0 Å². The molecule has 31 heavy (non-hydrogen) atoms. The number of likely N-dealkylation sites (tertiary alicyclic amines) is 1. The number of aromatic nitrogens is 2. The quantitative estimate of drug-likeness (QED) is 0.622. The maximum Gasteiger partial charge on any atom is 0.226 e. The summed E-state index contributed by atoms with van der Waals surface area (Å²) < 4.78 is 7.55. The van der Waals surface area contributed by atoms with Crippen LogP contribution in [0.1, 0.15) is 57.8 Å². The zero-order valence-corrected chi connectivity index (χ0v) is 18.5. The largest absolute Gasteiger partial charge is 0.467 e. The van der Waals surface area contributed by atoms with Gasteiger partial charge in [0.15, 0.2) is 0 Å². The van der Waals surface area contributed by atoms with Crippen molar-refractivity contribution in [2.24, 2.45) is 11.8 Å². The summed E-state index contributed by atoms with van der Waals surface area (Å²) in [4.78, 5) is 32.2. The number of nitrogens with one attached hydrogen (secondary N) is 1. The third-order valence-corrected chi connectivity index (χ3v) is 5.89. The van der Waals surface area contributed by atoms with E-state index in [-0.39, 0.29) is 42.2 Å². The molecule has 3 aromatic rings. The highest BCUT2D eigenvalue weighted by Crippen LogP contribution is 2.30. The Labute approximate surface area is 182 Å². The molecule has 0 radical (unpaired) electrons. The topological polar surface area (TPSA) is 80.4 Å². The van der Waals surface area contributed by atoms with Crippen LogP contribution in [0.3, 0.4) is 0 Å². The van der Waals surface area contributed by atoms with E-state index >= 15 is 0 Å². The number of hydrogen-bond acceptors (Lipinski definition) is 4. The third kappa shape index (κ3) is 4.22. The normalized spacial score (nSPS) is 17.8. The zero-order chi connectivity index (χ0) is 22.1. The Hall–Kier alpha value is -3.09. The first-order chi connectivity index (χ1) is 14.8. The number of benzene rings is 1. The van der Waals surface area contributed by atoms with Crippen LogP contribution in [0.25, 0.3) is 11.0 Å².